The Morgan fingerprint density at radius 2 is 0.667 bits per heavy atom. The lowest BCUT2D eigenvalue weighted by molar-refractivity contribution is 0.00450. The molecule has 322 valence electrons. The van der Waals surface area contributed by atoms with Crippen LogP contribution >= 0.6 is 0 Å². The summed E-state index contributed by atoms with van der Waals surface area (Å²) in [7, 11) is 0. The van der Waals surface area contributed by atoms with Crippen LogP contribution in [0.5, 0.6) is 0 Å². The fourth-order valence-corrected chi connectivity index (χ4v) is 5.50. The molecular weight excluding hydrogens is 769 g/mol. The van der Waals surface area contributed by atoms with Crippen molar-refractivity contribution in [2.45, 2.75) is 51.4 Å². The molecule has 1 saturated carbocycles. The van der Waals surface area contributed by atoms with Crippen molar-refractivity contribution in [2.75, 3.05) is 26.4 Å². The van der Waals surface area contributed by atoms with Gasteiger partial charge >= 0.3 is 23.9 Å². The highest BCUT2D eigenvalue weighted by Crippen LogP contribution is 2.37. The summed E-state index contributed by atoms with van der Waals surface area (Å²) in [5.41, 5.74) is 1.54. The molecule has 8 N–H and O–H groups in total. The summed E-state index contributed by atoms with van der Waals surface area (Å²) >= 11 is 0. The van der Waals surface area contributed by atoms with Gasteiger partial charge in [0, 0.05) is 10.8 Å². The third kappa shape index (κ3) is 20.0. The van der Waals surface area contributed by atoms with E-state index in [-0.39, 0.29) is 31.8 Å². The van der Waals surface area contributed by atoms with Crippen LogP contribution in [0.25, 0.3) is 0 Å². The first-order valence-electron chi connectivity index (χ1n) is 19.3. The Labute approximate surface area is 351 Å². The van der Waals surface area contributed by atoms with Crippen LogP contribution in [0.1, 0.15) is 92.9 Å². The quantitative estimate of drug-likeness (QED) is 0.0669. The van der Waals surface area contributed by atoms with Gasteiger partial charge in [0.05, 0.1) is 48.7 Å². The molecule has 12 nitrogen and oxygen atoms in total. The third-order valence-electron chi connectivity index (χ3n) is 9.56. The zero-order chi connectivity index (χ0) is 44.8. The van der Waals surface area contributed by atoms with E-state index in [1.165, 1.54) is 32.1 Å². The number of carboxylic acids is 4. The summed E-state index contributed by atoms with van der Waals surface area (Å²) in [5.74, 6) is -2.99. The first kappa shape index (κ1) is 51.8. The average Bonchev–Trinajstić information content (AvgIpc) is 3.31. The van der Waals surface area contributed by atoms with Crippen LogP contribution in [0.4, 0.5) is 0 Å². The number of carboxylic acid groups (broad SMARTS) is 4. The van der Waals surface area contributed by atoms with Gasteiger partial charge in [0.15, 0.2) is 0 Å². The van der Waals surface area contributed by atoms with Crippen molar-refractivity contribution in [2.24, 2.45) is 11.3 Å². The van der Waals surface area contributed by atoms with Gasteiger partial charge in [-0.15, -0.1) is 0 Å². The van der Waals surface area contributed by atoms with Crippen LogP contribution in [-0.2, 0) is 5.41 Å². The number of aliphatic hydroxyl groups is 4. The standard InChI is InChI=1S/C10H20O2.C10H14O2.4C7H6O2/c2*1-10(7-11,8-12)9-5-3-2-4-6-9;4*8-7(9)6-4-2-1-3-5-6/h9,11-12H,2-8H2,1H3;2-6,11-12H,7-8H2,1H3;4*1-5H,(H,8,9). The molecule has 0 atom stereocenters. The maximum atomic E-state index is 10.2. The van der Waals surface area contributed by atoms with Gasteiger partial charge in [-0.3, -0.25) is 0 Å². The van der Waals surface area contributed by atoms with Gasteiger partial charge in [0.25, 0.3) is 0 Å². The lowest BCUT2D eigenvalue weighted by atomic mass is 9.71. The van der Waals surface area contributed by atoms with Gasteiger partial charge < -0.3 is 40.9 Å². The van der Waals surface area contributed by atoms with Gasteiger partial charge in [-0.05, 0) is 72.9 Å². The van der Waals surface area contributed by atoms with E-state index in [4.69, 9.17) is 30.6 Å². The summed E-state index contributed by atoms with van der Waals surface area (Å²) in [4.78, 5) is 40.8. The molecule has 5 aromatic rings. The average molecular weight is 827 g/mol. The van der Waals surface area contributed by atoms with Gasteiger partial charge in [-0.2, -0.15) is 0 Å². The molecule has 0 bridgehead atoms. The number of rotatable bonds is 10. The normalized spacial score (nSPS) is 11.9. The second-order valence-corrected chi connectivity index (χ2v) is 14.2. The lowest BCUT2D eigenvalue weighted by Crippen LogP contribution is -2.36. The molecule has 0 heterocycles. The number of hydrogen-bond donors (Lipinski definition) is 8. The van der Waals surface area contributed by atoms with Crippen molar-refractivity contribution in [3.8, 4) is 0 Å². The highest BCUT2D eigenvalue weighted by atomic mass is 16.4. The maximum absolute atomic E-state index is 10.2. The Bertz CT molecular complexity index is 1690. The summed E-state index contributed by atoms with van der Waals surface area (Å²) < 4.78 is 0. The molecule has 0 radical (unpaired) electrons. The molecule has 0 saturated heterocycles. The summed E-state index contributed by atoms with van der Waals surface area (Å²) in [6.07, 6.45) is 6.21. The van der Waals surface area contributed by atoms with Crippen molar-refractivity contribution in [3.05, 3.63) is 179 Å². The van der Waals surface area contributed by atoms with E-state index in [0.717, 1.165) is 5.56 Å². The van der Waals surface area contributed by atoms with E-state index in [0.29, 0.717) is 28.2 Å². The zero-order valence-electron chi connectivity index (χ0n) is 34.1. The first-order valence-corrected chi connectivity index (χ1v) is 19.3. The Kier molecular flexibility index (Phi) is 25.1. The Balaban J connectivity index is 0.000000362. The van der Waals surface area contributed by atoms with E-state index in [1.54, 1.807) is 121 Å². The number of benzene rings is 5. The number of carbonyl (C=O) groups is 4. The molecule has 0 unspecified atom stereocenters. The van der Waals surface area contributed by atoms with Crippen molar-refractivity contribution in [1.29, 1.82) is 0 Å². The third-order valence-corrected chi connectivity index (χ3v) is 9.56. The lowest BCUT2D eigenvalue weighted by Gasteiger charge is -2.37. The van der Waals surface area contributed by atoms with E-state index < -0.39 is 29.3 Å². The van der Waals surface area contributed by atoms with Crippen LogP contribution in [0, 0.1) is 11.3 Å². The monoisotopic (exact) mass is 826 g/mol. The van der Waals surface area contributed by atoms with Crippen LogP contribution < -0.4 is 0 Å². The predicted molar refractivity (Wildman–Crippen MR) is 230 cm³/mol. The molecule has 1 aliphatic carbocycles. The molecular formula is C48H58O12. The largest absolute Gasteiger partial charge is 0.478 e. The Hall–Kier alpha value is -6.18. The second-order valence-electron chi connectivity index (χ2n) is 14.2. The van der Waals surface area contributed by atoms with E-state index in [9.17, 15) is 29.4 Å². The SMILES string of the molecule is CC(CO)(CO)C1CCCCC1.CC(CO)(CO)c1ccccc1.O=C(O)c1ccccc1.O=C(O)c1ccccc1.O=C(O)c1ccccc1.O=C(O)c1ccccc1. The van der Waals surface area contributed by atoms with E-state index >= 15 is 0 Å². The van der Waals surface area contributed by atoms with Crippen LogP contribution in [0.15, 0.2) is 152 Å². The van der Waals surface area contributed by atoms with E-state index in [1.807, 2.05) is 44.2 Å². The van der Waals surface area contributed by atoms with Crippen molar-refractivity contribution < 1.29 is 60.0 Å². The topological polar surface area (TPSA) is 230 Å². The maximum Gasteiger partial charge on any atom is 0.335 e. The minimum absolute atomic E-state index is 0.0342. The molecule has 6 rings (SSSR count). The van der Waals surface area contributed by atoms with Crippen molar-refractivity contribution in [1.82, 2.24) is 0 Å². The van der Waals surface area contributed by atoms with Crippen LogP contribution in [0.3, 0.4) is 0 Å². The molecule has 0 amide bonds. The highest BCUT2D eigenvalue weighted by molar-refractivity contribution is 5.88. The molecule has 1 fully saturated rings. The molecule has 0 spiro atoms. The van der Waals surface area contributed by atoms with Gasteiger partial charge in [0.2, 0.25) is 0 Å². The van der Waals surface area contributed by atoms with Crippen LogP contribution in [-0.4, -0.2) is 91.2 Å². The fourth-order valence-electron chi connectivity index (χ4n) is 5.50. The molecule has 0 aliphatic heterocycles. The highest BCUT2D eigenvalue weighted by Gasteiger charge is 2.33. The minimum atomic E-state index is -0.879. The second kappa shape index (κ2) is 29.1. The van der Waals surface area contributed by atoms with Gasteiger partial charge in [-0.1, -0.05) is 136 Å². The van der Waals surface area contributed by atoms with Crippen molar-refractivity contribution in [3.63, 3.8) is 0 Å². The van der Waals surface area contributed by atoms with E-state index in [2.05, 4.69) is 0 Å². The number of aromatic carboxylic acids is 4. The molecule has 60 heavy (non-hydrogen) atoms. The first-order chi connectivity index (χ1) is 28.7. The van der Waals surface area contributed by atoms with Gasteiger partial charge in [0.1, 0.15) is 0 Å². The molecule has 1 aliphatic rings. The summed E-state index contributed by atoms with van der Waals surface area (Å²) in [6, 6.07) is 42.7. The smallest absolute Gasteiger partial charge is 0.335 e. The minimum Gasteiger partial charge on any atom is -0.478 e. The summed E-state index contributed by atoms with van der Waals surface area (Å²) in [5, 5.41) is 70.1. The fraction of sp³-hybridized carbons (Fsp3) is 0.292. The molecule has 5 aromatic carbocycles. The van der Waals surface area contributed by atoms with Gasteiger partial charge in [-0.25, -0.2) is 19.2 Å². The Morgan fingerprint density at radius 3 is 0.867 bits per heavy atom. The molecule has 12 heteroatoms. The van der Waals surface area contributed by atoms with Crippen LogP contribution in [0.2, 0.25) is 0 Å². The predicted octanol–water partition coefficient (Wildman–Crippen LogP) is 8.03. The Morgan fingerprint density at radius 1 is 0.417 bits per heavy atom. The van der Waals surface area contributed by atoms with Crippen molar-refractivity contribution >= 4 is 23.9 Å². The number of hydrogen-bond acceptors (Lipinski definition) is 8. The molecule has 0 aromatic heterocycles. The number of aliphatic hydroxyl groups excluding tert-OH is 4. The summed E-state index contributed by atoms with van der Waals surface area (Å²) in [6.45, 7) is 3.99. The zero-order valence-corrected chi connectivity index (χ0v) is 34.1.